The van der Waals surface area contributed by atoms with Crippen molar-refractivity contribution in [3.05, 3.63) is 24.0 Å². The van der Waals surface area contributed by atoms with E-state index in [2.05, 4.69) is 10.3 Å². The van der Waals surface area contributed by atoms with Crippen molar-refractivity contribution in [3.63, 3.8) is 0 Å². The Labute approximate surface area is 195 Å². The molecule has 0 aliphatic carbocycles. The monoisotopic (exact) mass is 483 g/mol. The van der Waals surface area contributed by atoms with Crippen LogP contribution < -0.4 is 0 Å². The third-order valence-electron chi connectivity index (χ3n) is 5.35. The molecule has 0 bridgehead atoms. The highest BCUT2D eigenvalue weighted by molar-refractivity contribution is 5.66. The highest BCUT2D eigenvalue weighted by Gasteiger charge is 2.54. The van der Waals surface area contributed by atoms with Gasteiger partial charge in [0.05, 0.1) is 19.3 Å². The number of carbonyl (C=O) groups excluding carboxylic acids is 2. The largest absolute Gasteiger partial charge is 0.463 e. The Morgan fingerprint density at radius 1 is 1.15 bits per heavy atom. The topological polar surface area (TPSA) is 150 Å². The number of carbonyl (C=O) groups is 2. The molecule has 13 heteroatoms. The summed E-state index contributed by atoms with van der Waals surface area (Å²) in [6.07, 6.45) is 0.0935. The number of aliphatic hydroxyl groups excluding tert-OH is 1. The molecule has 3 aliphatic rings. The molecule has 0 amide bonds. The molecule has 4 heterocycles. The first-order valence-corrected chi connectivity index (χ1v) is 10.9. The van der Waals surface area contributed by atoms with Crippen molar-refractivity contribution < 1.29 is 47.9 Å². The molecular formula is C21H29N3O10. The third-order valence-corrected chi connectivity index (χ3v) is 5.35. The van der Waals surface area contributed by atoms with E-state index in [1.807, 2.05) is 0 Å². The smallest absolute Gasteiger partial charge is 0.303 e. The van der Waals surface area contributed by atoms with Gasteiger partial charge in [-0.05, 0) is 26.0 Å². The summed E-state index contributed by atoms with van der Waals surface area (Å²) in [6.45, 7) is 6.33. The summed E-state index contributed by atoms with van der Waals surface area (Å²) >= 11 is 0. The van der Waals surface area contributed by atoms with Crippen molar-refractivity contribution in [2.24, 2.45) is 0 Å². The molecule has 1 aromatic heterocycles. The average Bonchev–Trinajstić information content (AvgIpc) is 3.40. The van der Waals surface area contributed by atoms with E-state index < -0.39 is 60.8 Å². The van der Waals surface area contributed by atoms with Crippen LogP contribution in [0.3, 0.4) is 0 Å². The molecule has 0 unspecified atom stereocenters. The van der Waals surface area contributed by atoms with Crippen LogP contribution in [0, 0.1) is 0 Å². The normalized spacial score (nSPS) is 34.1. The highest BCUT2D eigenvalue weighted by atomic mass is 16.8. The zero-order valence-corrected chi connectivity index (χ0v) is 19.4. The van der Waals surface area contributed by atoms with Crippen LogP contribution in [0.5, 0.6) is 0 Å². The lowest BCUT2D eigenvalue weighted by molar-refractivity contribution is -0.216. The van der Waals surface area contributed by atoms with Gasteiger partial charge in [-0.15, -0.1) is 5.10 Å². The van der Waals surface area contributed by atoms with Crippen molar-refractivity contribution in [1.29, 1.82) is 0 Å². The van der Waals surface area contributed by atoms with Gasteiger partial charge in [-0.25, -0.2) is 4.68 Å². The first-order chi connectivity index (χ1) is 16.1. The Balaban J connectivity index is 1.28. The van der Waals surface area contributed by atoms with Crippen molar-refractivity contribution in [3.8, 4) is 0 Å². The zero-order chi connectivity index (χ0) is 24.5. The van der Waals surface area contributed by atoms with Crippen LogP contribution in [0.2, 0.25) is 0 Å². The maximum absolute atomic E-state index is 11.3. The van der Waals surface area contributed by atoms with E-state index in [4.69, 9.17) is 33.2 Å². The van der Waals surface area contributed by atoms with E-state index in [-0.39, 0.29) is 19.8 Å². The minimum atomic E-state index is -0.865. The van der Waals surface area contributed by atoms with Crippen molar-refractivity contribution in [2.45, 2.75) is 89.7 Å². The van der Waals surface area contributed by atoms with Crippen LogP contribution in [0.15, 0.2) is 18.3 Å². The molecule has 0 saturated carbocycles. The first kappa shape index (κ1) is 24.7. The van der Waals surface area contributed by atoms with Crippen LogP contribution in [-0.4, -0.2) is 87.5 Å². The number of hydrogen-bond acceptors (Lipinski definition) is 12. The predicted molar refractivity (Wildman–Crippen MR) is 110 cm³/mol. The molecule has 3 aliphatic heterocycles. The number of nitrogens with zero attached hydrogens (tertiary/aromatic N) is 3. The van der Waals surface area contributed by atoms with Gasteiger partial charge in [0.2, 0.25) is 0 Å². The van der Waals surface area contributed by atoms with Gasteiger partial charge in [-0.2, -0.15) is 0 Å². The van der Waals surface area contributed by atoms with Crippen LogP contribution in [0.4, 0.5) is 0 Å². The van der Waals surface area contributed by atoms with Gasteiger partial charge in [-0.3, -0.25) is 9.59 Å². The van der Waals surface area contributed by atoms with Gasteiger partial charge >= 0.3 is 11.9 Å². The number of fused-ring (bicyclic) bond motifs is 1. The summed E-state index contributed by atoms with van der Waals surface area (Å²) in [5.41, 5.74) is 0.525. The van der Waals surface area contributed by atoms with E-state index >= 15 is 0 Å². The minimum absolute atomic E-state index is 0.0767. The third kappa shape index (κ3) is 5.98. The fraction of sp³-hybridized carbons (Fsp3) is 0.714. The van der Waals surface area contributed by atoms with Gasteiger partial charge < -0.3 is 38.3 Å². The second kappa shape index (κ2) is 10.1. The van der Waals surface area contributed by atoms with Crippen LogP contribution >= 0.6 is 0 Å². The van der Waals surface area contributed by atoms with Gasteiger partial charge in [-0.1, -0.05) is 5.21 Å². The van der Waals surface area contributed by atoms with Crippen LogP contribution in [0.25, 0.3) is 0 Å². The molecule has 2 saturated heterocycles. The summed E-state index contributed by atoms with van der Waals surface area (Å²) in [5, 5.41) is 18.6. The van der Waals surface area contributed by atoms with Gasteiger partial charge in [0.25, 0.3) is 0 Å². The Morgan fingerprint density at radius 2 is 1.94 bits per heavy atom. The second-order valence-electron chi connectivity index (χ2n) is 8.68. The maximum Gasteiger partial charge on any atom is 0.303 e. The molecule has 0 spiro atoms. The van der Waals surface area contributed by atoms with Crippen molar-refractivity contribution in [1.82, 2.24) is 15.0 Å². The molecule has 0 radical (unpaired) electrons. The average molecular weight is 483 g/mol. The summed E-state index contributed by atoms with van der Waals surface area (Å²) < 4.78 is 40.3. The number of rotatable bonds is 8. The molecule has 4 rings (SSSR count). The lowest BCUT2D eigenvalue weighted by atomic mass is 10.1. The van der Waals surface area contributed by atoms with Crippen molar-refractivity contribution >= 4 is 11.9 Å². The van der Waals surface area contributed by atoms with Crippen LogP contribution in [0.1, 0.15) is 33.4 Å². The maximum atomic E-state index is 11.3. The summed E-state index contributed by atoms with van der Waals surface area (Å²) in [5.74, 6) is -1.76. The molecule has 7 atom stereocenters. The van der Waals surface area contributed by atoms with E-state index in [1.54, 1.807) is 32.2 Å². The minimum Gasteiger partial charge on any atom is -0.463 e. The van der Waals surface area contributed by atoms with Crippen molar-refractivity contribution in [2.75, 3.05) is 6.61 Å². The number of aromatic nitrogens is 3. The number of hydrogen-bond donors (Lipinski definition) is 1. The molecule has 34 heavy (non-hydrogen) atoms. The number of esters is 2. The van der Waals surface area contributed by atoms with Crippen LogP contribution in [-0.2, 0) is 55.9 Å². The Kier molecular flexibility index (Phi) is 7.31. The van der Waals surface area contributed by atoms with E-state index in [1.165, 1.54) is 18.5 Å². The molecular weight excluding hydrogens is 454 g/mol. The lowest BCUT2D eigenvalue weighted by Gasteiger charge is -2.31. The second-order valence-corrected chi connectivity index (χ2v) is 8.68. The molecule has 2 fully saturated rings. The highest BCUT2D eigenvalue weighted by Crippen LogP contribution is 2.37. The SMILES string of the molecule is CC(=O)OC[C@H]1O[C@H](OCc2cn(C[C@H]3O[C@@H]4OC(C)(C)O[C@@H]4[C@H]3O)nn2)C=C[C@@H]1OC(C)=O. The lowest BCUT2D eigenvalue weighted by Crippen LogP contribution is -2.42. The summed E-state index contributed by atoms with van der Waals surface area (Å²) in [4.78, 5) is 22.5. The summed E-state index contributed by atoms with van der Waals surface area (Å²) in [6, 6.07) is 0. The molecule has 1 aromatic rings. The van der Waals surface area contributed by atoms with Gasteiger partial charge in [0, 0.05) is 13.8 Å². The zero-order valence-electron chi connectivity index (χ0n) is 19.4. The Bertz CT molecular complexity index is 918. The molecule has 188 valence electrons. The Morgan fingerprint density at radius 3 is 2.65 bits per heavy atom. The first-order valence-electron chi connectivity index (χ1n) is 10.9. The Hall–Kier alpha value is -2.42. The molecule has 13 nitrogen and oxygen atoms in total. The fourth-order valence-electron chi connectivity index (χ4n) is 3.91. The predicted octanol–water partition coefficient (Wildman–Crippen LogP) is -0.192. The van der Waals surface area contributed by atoms with Gasteiger partial charge in [0.1, 0.15) is 42.8 Å². The van der Waals surface area contributed by atoms with E-state index in [0.29, 0.717) is 5.69 Å². The van der Waals surface area contributed by atoms with E-state index in [9.17, 15) is 14.7 Å². The standard InChI is InChI=1S/C21H29N3O10/c1-11(25)28-10-16-14(30-12(2)26)5-6-17(31-16)29-9-13-7-24(23-22-13)8-15-18(27)19-20(32-15)34-21(3,4)33-19/h5-7,14-20,27H,8-10H2,1-4H3/t14-,15+,16+,17-,18-,19+,20+/m0/s1. The quantitative estimate of drug-likeness (QED) is 0.385. The number of ether oxygens (including phenoxy) is 7. The fourth-order valence-corrected chi connectivity index (χ4v) is 3.91. The number of aliphatic hydroxyl groups is 1. The van der Waals surface area contributed by atoms with E-state index in [0.717, 1.165) is 0 Å². The molecule has 1 N–H and O–H groups in total. The molecule has 0 aromatic carbocycles. The summed E-state index contributed by atoms with van der Waals surface area (Å²) in [7, 11) is 0. The van der Waals surface area contributed by atoms with Gasteiger partial charge in [0.15, 0.2) is 18.4 Å².